The topological polar surface area (TPSA) is 46.1 Å². The lowest BCUT2D eigenvalue weighted by Crippen LogP contribution is -2.52. The molecule has 106 valence electrons. The van der Waals surface area contributed by atoms with E-state index in [9.17, 15) is 4.79 Å². The third-order valence-corrected chi connectivity index (χ3v) is 3.93. The Bertz CT molecular complexity index is 461. The second-order valence-electron chi connectivity index (χ2n) is 5.81. The van der Waals surface area contributed by atoms with Gasteiger partial charge in [-0.3, -0.25) is 4.79 Å². The second kappa shape index (κ2) is 5.55. The van der Waals surface area contributed by atoms with Gasteiger partial charge in [0.2, 0.25) is 0 Å². The first-order valence-corrected chi connectivity index (χ1v) is 7.20. The quantitative estimate of drug-likeness (QED) is 0.896. The van der Waals surface area contributed by atoms with Gasteiger partial charge in [0, 0.05) is 17.8 Å². The number of carbonyl (C=O) groups excluding carboxylic acids is 1. The van der Waals surface area contributed by atoms with Gasteiger partial charge in [0.05, 0.1) is 5.02 Å². The highest BCUT2D eigenvalue weighted by molar-refractivity contribution is 6.31. The van der Waals surface area contributed by atoms with Gasteiger partial charge >= 0.3 is 0 Å². The Morgan fingerprint density at radius 1 is 1.47 bits per heavy atom. The van der Waals surface area contributed by atoms with Crippen molar-refractivity contribution in [1.29, 1.82) is 0 Å². The Balaban J connectivity index is 2.15. The number of amides is 1. The van der Waals surface area contributed by atoms with Gasteiger partial charge in [-0.15, -0.1) is 0 Å². The number of aromatic nitrogens is 1. The van der Waals surface area contributed by atoms with E-state index in [0.29, 0.717) is 10.7 Å². The van der Waals surface area contributed by atoms with Crippen molar-refractivity contribution in [1.82, 2.24) is 15.2 Å². The number of piperidine rings is 1. The van der Waals surface area contributed by atoms with Crippen molar-refractivity contribution >= 4 is 17.5 Å². The first kappa shape index (κ1) is 14.4. The van der Waals surface area contributed by atoms with Gasteiger partial charge in [0.15, 0.2) is 0 Å². The van der Waals surface area contributed by atoms with Crippen molar-refractivity contribution in [2.75, 3.05) is 13.1 Å². The van der Waals surface area contributed by atoms with Gasteiger partial charge in [-0.2, -0.15) is 0 Å². The average molecular weight is 284 g/mol. The minimum atomic E-state index is -0.124. The summed E-state index contributed by atoms with van der Waals surface area (Å²) in [5, 5.41) is 7.08. The van der Waals surface area contributed by atoms with Crippen LogP contribution in [-0.4, -0.2) is 29.1 Å². The number of rotatable bonds is 3. The number of hydrogen-bond donors (Lipinski definition) is 2. The van der Waals surface area contributed by atoms with Gasteiger partial charge in [0.25, 0.3) is 5.91 Å². The summed E-state index contributed by atoms with van der Waals surface area (Å²) >= 11 is 6.02. The fourth-order valence-corrected chi connectivity index (χ4v) is 2.71. The molecule has 4 nitrogen and oxygen atoms in total. The maximum Gasteiger partial charge on any atom is 0.268 e. The van der Waals surface area contributed by atoms with Crippen molar-refractivity contribution in [3.05, 3.63) is 23.0 Å². The molecule has 0 atom stereocenters. The molecule has 1 aliphatic rings. The first-order valence-electron chi connectivity index (χ1n) is 6.82. The summed E-state index contributed by atoms with van der Waals surface area (Å²) in [7, 11) is 0. The van der Waals surface area contributed by atoms with E-state index < -0.39 is 0 Å². The lowest BCUT2D eigenvalue weighted by molar-refractivity contribution is 0.0876. The molecule has 5 heteroatoms. The largest absolute Gasteiger partial charge is 0.346 e. The van der Waals surface area contributed by atoms with Crippen LogP contribution in [0.1, 0.15) is 50.1 Å². The molecular formula is C14H22ClN3O. The summed E-state index contributed by atoms with van der Waals surface area (Å²) in [6.45, 7) is 8.08. The van der Waals surface area contributed by atoms with Gasteiger partial charge in [-0.25, -0.2) is 0 Å². The molecule has 1 saturated heterocycles. The minimum absolute atomic E-state index is 0.0370. The molecule has 0 radical (unpaired) electrons. The number of nitrogens with zero attached hydrogens (tertiary/aromatic N) is 1. The van der Waals surface area contributed by atoms with Crippen molar-refractivity contribution < 1.29 is 4.79 Å². The summed E-state index contributed by atoms with van der Waals surface area (Å²) in [6, 6.07) is 1.95. The number of hydrogen-bond acceptors (Lipinski definition) is 2. The summed E-state index contributed by atoms with van der Waals surface area (Å²) in [6.07, 6.45) is 3.72. The van der Waals surface area contributed by atoms with Crippen molar-refractivity contribution in [3.8, 4) is 0 Å². The lowest BCUT2D eigenvalue weighted by atomic mass is 9.90. The zero-order chi connectivity index (χ0) is 14.0. The molecule has 1 aliphatic heterocycles. The van der Waals surface area contributed by atoms with Gasteiger partial charge in [0.1, 0.15) is 5.69 Å². The maximum atomic E-state index is 12.4. The predicted octanol–water partition coefficient (Wildman–Crippen LogP) is 2.59. The van der Waals surface area contributed by atoms with Crippen LogP contribution in [0.5, 0.6) is 0 Å². The zero-order valence-electron chi connectivity index (χ0n) is 11.8. The number of halogens is 1. The molecule has 1 fully saturated rings. The highest BCUT2D eigenvalue weighted by Crippen LogP contribution is 2.22. The third-order valence-electron chi connectivity index (χ3n) is 3.73. The molecule has 0 aliphatic carbocycles. The van der Waals surface area contributed by atoms with E-state index in [1.807, 2.05) is 24.6 Å². The van der Waals surface area contributed by atoms with Crippen LogP contribution in [0.4, 0.5) is 0 Å². The minimum Gasteiger partial charge on any atom is -0.346 e. The van der Waals surface area contributed by atoms with Gasteiger partial charge < -0.3 is 15.2 Å². The molecule has 2 N–H and O–H groups in total. The monoisotopic (exact) mass is 283 g/mol. The normalized spacial score (nSPS) is 18.6. The van der Waals surface area contributed by atoms with E-state index in [2.05, 4.69) is 17.6 Å². The molecule has 0 aromatic carbocycles. The molecule has 19 heavy (non-hydrogen) atoms. The Kier molecular flexibility index (Phi) is 4.21. The summed E-state index contributed by atoms with van der Waals surface area (Å²) in [4.78, 5) is 12.4. The number of carbonyl (C=O) groups is 1. The highest BCUT2D eigenvalue weighted by atomic mass is 35.5. The smallest absolute Gasteiger partial charge is 0.268 e. The van der Waals surface area contributed by atoms with Crippen LogP contribution in [0.2, 0.25) is 5.02 Å². The number of nitrogens with one attached hydrogen (secondary N) is 2. The fraction of sp³-hybridized carbons (Fsp3) is 0.643. The van der Waals surface area contributed by atoms with Crippen LogP contribution in [0.15, 0.2) is 12.3 Å². The van der Waals surface area contributed by atoms with E-state index in [-0.39, 0.29) is 17.5 Å². The zero-order valence-corrected chi connectivity index (χ0v) is 12.5. The first-order chi connectivity index (χ1) is 8.91. The Morgan fingerprint density at radius 3 is 2.68 bits per heavy atom. The Morgan fingerprint density at radius 2 is 2.11 bits per heavy atom. The summed E-state index contributed by atoms with van der Waals surface area (Å²) in [5.41, 5.74) is 0.515. The van der Waals surface area contributed by atoms with Crippen molar-refractivity contribution in [2.24, 2.45) is 0 Å². The van der Waals surface area contributed by atoms with Crippen molar-refractivity contribution in [2.45, 2.75) is 45.2 Å². The standard InChI is InChI=1S/C14H22ClN3O/c1-10(2)18-9-11(15)8-12(18)13(19)17-14(3)4-6-16-7-5-14/h8-10,16H,4-7H2,1-3H3,(H,17,19). The van der Waals surface area contributed by atoms with Crippen LogP contribution in [0, 0.1) is 0 Å². The molecule has 0 bridgehead atoms. The Hall–Kier alpha value is -1.00. The molecule has 2 heterocycles. The van der Waals surface area contributed by atoms with E-state index in [4.69, 9.17) is 11.6 Å². The Labute approximate surface area is 119 Å². The van der Waals surface area contributed by atoms with Crippen LogP contribution >= 0.6 is 11.6 Å². The maximum absolute atomic E-state index is 12.4. The van der Waals surface area contributed by atoms with Crippen LogP contribution < -0.4 is 10.6 Å². The van der Waals surface area contributed by atoms with E-state index in [1.165, 1.54) is 0 Å². The van der Waals surface area contributed by atoms with Gasteiger partial charge in [-0.1, -0.05) is 11.6 Å². The molecule has 1 aromatic heterocycles. The highest BCUT2D eigenvalue weighted by Gasteiger charge is 2.29. The van der Waals surface area contributed by atoms with Crippen LogP contribution in [-0.2, 0) is 0 Å². The summed E-state index contributed by atoms with van der Waals surface area (Å²) < 4.78 is 1.92. The van der Waals surface area contributed by atoms with Crippen LogP contribution in [0.3, 0.4) is 0 Å². The molecule has 1 aromatic rings. The van der Waals surface area contributed by atoms with Crippen LogP contribution in [0.25, 0.3) is 0 Å². The lowest BCUT2D eigenvalue weighted by Gasteiger charge is -2.35. The molecule has 2 rings (SSSR count). The van der Waals surface area contributed by atoms with Gasteiger partial charge in [-0.05, 0) is 52.8 Å². The van der Waals surface area contributed by atoms with Crippen molar-refractivity contribution in [3.63, 3.8) is 0 Å². The molecule has 1 amide bonds. The predicted molar refractivity (Wildman–Crippen MR) is 77.8 cm³/mol. The fourth-order valence-electron chi connectivity index (χ4n) is 2.50. The third kappa shape index (κ3) is 3.31. The molecule has 0 unspecified atom stereocenters. The van der Waals surface area contributed by atoms with E-state index >= 15 is 0 Å². The second-order valence-corrected chi connectivity index (χ2v) is 6.25. The SMILES string of the molecule is CC(C)n1cc(Cl)cc1C(=O)NC1(C)CCNCC1. The average Bonchev–Trinajstić information content (AvgIpc) is 2.72. The van der Waals surface area contributed by atoms with E-state index in [0.717, 1.165) is 25.9 Å². The molecule has 0 saturated carbocycles. The summed E-state index contributed by atoms with van der Waals surface area (Å²) in [5.74, 6) is -0.0370. The van der Waals surface area contributed by atoms with E-state index in [1.54, 1.807) is 6.07 Å². The molecule has 0 spiro atoms. The molecular weight excluding hydrogens is 262 g/mol.